The molecule has 1 N–H and O–H groups in total. The molecule has 20 heavy (non-hydrogen) atoms. The minimum atomic E-state index is -0.240. The van der Waals surface area contributed by atoms with Crippen LogP contribution in [0.15, 0.2) is 11.0 Å². The van der Waals surface area contributed by atoms with Crippen LogP contribution in [0.5, 0.6) is 0 Å². The van der Waals surface area contributed by atoms with E-state index in [1.54, 1.807) is 18.7 Å². The lowest BCUT2D eigenvalue weighted by Gasteiger charge is -2.13. The standard InChI is InChI=1S/C13H19N5O2/c1-5-8(6-2)18-11-10(16-13(18)20)15-9(7-14-11)12(19)17(3)4/h7-8H,5-6H2,1-4H3,(H,15,16,20). The van der Waals surface area contributed by atoms with E-state index in [0.717, 1.165) is 12.8 Å². The van der Waals surface area contributed by atoms with Crippen molar-refractivity contribution in [2.75, 3.05) is 14.1 Å². The fourth-order valence-electron chi connectivity index (χ4n) is 2.23. The number of aromatic nitrogens is 4. The van der Waals surface area contributed by atoms with Crippen molar-refractivity contribution in [1.29, 1.82) is 0 Å². The Labute approximate surface area is 116 Å². The number of nitrogens with one attached hydrogen (secondary N) is 1. The second-order valence-corrected chi connectivity index (χ2v) is 4.90. The van der Waals surface area contributed by atoms with Gasteiger partial charge < -0.3 is 4.90 Å². The average molecular weight is 277 g/mol. The average Bonchev–Trinajstić information content (AvgIpc) is 2.75. The van der Waals surface area contributed by atoms with Gasteiger partial charge in [0, 0.05) is 20.1 Å². The van der Waals surface area contributed by atoms with E-state index in [0.29, 0.717) is 11.3 Å². The zero-order valence-electron chi connectivity index (χ0n) is 12.2. The number of imidazole rings is 1. The Balaban J connectivity index is 2.57. The minimum Gasteiger partial charge on any atom is -0.343 e. The van der Waals surface area contributed by atoms with E-state index in [1.165, 1.54) is 11.1 Å². The maximum absolute atomic E-state index is 12.0. The van der Waals surface area contributed by atoms with Gasteiger partial charge in [-0.05, 0) is 12.8 Å². The summed E-state index contributed by atoms with van der Waals surface area (Å²) in [7, 11) is 3.29. The second-order valence-electron chi connectivity index (χ2n) is 4.90. The topological polar surface area (TPSA) is 83.9 Å². The Morgan fingerprint density at radius 1 is 1.40 bits per heavy atom. The van der Waals surface area contributed by atoms with Crippen molar-refractivity contribution >= 4 is 17.2 Å². The maximum Gasteiger partial charge on any atom is 0.329 e. The molecule has 2 rings (SSSR count). The summed E-state index contributed by atoms with van der Waals surface area (Å²) in [5, 5.41) is 0. The number of nitrogens with zero attached hydrogens (tertiary/aromatic N) is 4. The van der Waals surface area contributed by atoms with Crippen LogP contribution >= 0.6 is 0 Å². The molecule has 0 atom stereocenters. The first-order chi connectivity index (χ1) is 9.49. The molecule has 0 aliphatic rings. The molecule has 7 nitrogen and oxygen atoms in total. The fraction of sp³-hybridized carbons (Fsp3) is 0.538. The van der Waals surface area contributed by atoms with Crippen molar-refractivity contribution in [3.05, 3.63) is 22.4 Å². The normalized spacial score (nSPS) is 11.2. The monoisotopic (exact) mass is 277 g/mol. The summed E-state index contributed by atoms with van der Waals surface area (Å²) in [4.78, 5) is 36.4. The zero-order chi connectivity index (χ0) is 14.9. The highest BCUT2D eigenvalue weighted by Gasteiger charge is 2.18. The van der Waals surface area contributed by atoms with Crippen LogP contribution in [0.25, 0.3) is 11.3 Å². The van der Waals surface area contributed by atoms with Crippen molar-refractivity contribution in [2.24, 2.45) is 0 Å². The van der Waals surface area contributed by atoms with E-state index in [4.69, 9.17) is 0 Å². The largest absolute Gasteiger partial charge is 0.343 e. The van der Waals surface area contributed by atoms with Crippen LogP contribution in [0.2, 0.25) is 0 Å². The molecule has 0 spiro atoms. The van der Waals surface area contributed by atoms with Crippen LogP contribution in [-0.2, 0) is 0 Å². The van der Waals surface area contributed by atoms with Crippen molar-refractivity contribution in [1.82, 2.24) is 24.4 Å². The van der Waals surface area contributed by atoms with E-state index in [-0.39, 0.29) is 23.3 Å². The van der Waals surface area contributed by atoms with Crippen LogP contribution in [0.1, 0.15) is 43.2 Å². The van der Waals surface area contributed by atoms with Crippen LogP contribution < -0.4 is 5.69 Å². The van der Waals surface area contributed by atoms with Gasteiger partial charge >= 0.3 is 5.69 Å². The molecule has 0 radical (unpaired) electrons. The molecule has 0 unspecified atom stereocenters. The molecule has 0 aliphatic carbocycles. The Hall–Kier alpha value is -2.18. The van der Waals surface area contributed by atoms with E-state index in [9.17, 15) is 9.59 Å². The molecule has 0 fully saturated rings. The highest BCUT2D eigenvalue weighted by Crippen LogP contribution is 2.17. The van der Waals surface area contributed by atoms with E-state index in [2.05, 4.69) is 15.0 Å². The lowest BCUT2D eigenvalue weighted by Crippen LogP contribution is -2.23. The minimum absolute atomic E-state index is 0.0842. The van der Waals surface area contributed by atoms with Gasteiger partial charge in [0.25, 0.3) is 5.91 Å². The third-order valence-corrected chi connectivity index (χ3v) is 3.36. The smallest absolute Gasteiger partial charge is 0.329 e. The predicted molar refractivity (Wildman–Crippen MR) is 75.8 cm³/mol. The Kier molecular flexibility index (Phi) is 3.87. The quantitative estimate of drug-likeness (QED) is 0.909. The number of aromatic amines is 1. The van der Waals surface area contributed by atoms with Gasteiger partial charge in [-0.2, -0.15) is 0 Å². The lowest BCUT2D eigenvalue weighted by atomic mass is 10.2. The molecular formula is C13H19N5O2. The summed E-state index contributed by atoms with van der Waals surface area (Å²) in [6.07, 6.45) is 3.09. The molecule has 0 saturated heterocycles. The predicted octanol–water partition coefficient (Wildman–Crippen LogP) is 1.18. The molecule has 0 saturated carbocycles. The highest BCUT2D eigenvalue weighted by atomic mass is 16.2. The van der Waals surface area contributed by atoms with Crippen molar-refractivity contribution < 1.29 is 4.79 Å². The van der Waals surface area contributed by atoms with Crippen molar-refractivity contribution in [3.8, 4) is 0 Å². The summed E-state index contributed by atoms with van der Waals surface area (Å²) in [6, 6.07) is 0.0842. The Bertz CT molecular complexity index is 682. The van der Waals surface area contributed by atoms with Gasteiger partial charge in [-0.15, -0.1) is 0 Å². The van der Waals surface area contributed by atoms with Gasteiger partial charge in [0.15, 0.2) is 11.3 Å². The number of hydrogen-bond acceptors (Lipinski definition) is 4. The SMILES string of the molecule is CCC(CC)n1c(=O)[nH]c2nc(C(=O)N(C)C)cnc21. The second kappa shape index (κ2) is 5.44. The van der Waals surface area contributed by atoms with Crippen molar-refractivity contribution in [2.45, 2.75) is 32.7 Å². The van der Waals surface area contributed by atoms with Crippen LogP contribution in [0, 0.1) is 0 Å². The number of carbonyl (C=O) groups is 1. The number of hydrogen-bond donors (Lipinski definition) is 1. The summed E-state index contributed by atoms with van der Waals surface area (Å²) < 4.78 is 1.62. The zero-order valence-corrected chi connectivity index (χ0v) is 12.2. The number of rotatable bonds is 4. The molecule has 0 aliphatic heterocycles. The molecule has 0 bridgehead atoms. The van der Waals surface area contributed by atoms with E-state index in [1.807, 2.05) is 13.8 Å². The van der Waals surface area contributed by atoms with Gasteiger partial charge in [0.1, 0.15) is 5.69 Å². The van der Waals surface area contributed by atoms with Gasteiger partial charge in [-0.3, -0.25) is 14.3 Å². The van der Waals surface area contributed by atoms with Crippen LogP contribution in [0.4, 0.5) is 0 Å². The van der Waals surface area contributed by atoms with Gasteiger partial charge in [-0.1, -0.05) is 13.8 Å². The van der Waals surface area contributed by atoms with Crippen LogP contribution in [0.3, 0.4) is 0 Å². The summed E-state index contributed by atoms with van der Waals surface area (Å²) in [5.41, 5.74) is 0.845. The number of H-pyrrole nitrogens is 1. The van der Waals surface area contributed by atoms with E-state index >= 15 is 0 Å². The summed E-state index contributed by atoms with van der Waals surface area (Å²) in [5.74, 6) is -0.240. The number of carbonyl (C=O) groups excluding carboxylic acids is 1. The first-order valence-corrected chi connectivity index (χ1v) is 6.68. The molecule has 2 aromatic heterocycles. The molecular weight excluding hydrogens is 258 g/mol. The van der Waals surface area contributed by atoms with Crippen molar-refractivity contribution in [3.63, 3.8) is 0 Å². The highest BCUT2D eigenvalue weighted by molar-refractivity contribution is 5.92. The number of fused-ring (bicyclic) bond motifs is 1. The third-order valence-electron chi connectivity index (χ3n) is 3.36. The molecule has 7 heteroatoms. The van der Waals surface area contributed by atoms with Crippen LogP contribution in [-0.4, -0.2) is 44.4 Å². The Morgan fingerprint density at radius 3 is 2.60 bits per heavy atom. The number of amides is 1. The molecule has 2 aromatic rings. The summed E-state index contributed by atoms with van der Waals surface area (Å²) >= 11 is 0. The first kappa shape index (κ1) is 14.2. The van der Waals surface area contributed by atoms with E-state index < -0.39 is 0 Å². The summed E-state index contributed by atoms with van der Waals surface area (Å²) in [6.45, 7) is 4.05. The lowest BCUT2D eigenvalue weighted by molar-refractivity contribution is 0.0822. The molecule has 0 aromatic carbocycles. The molecule has 2 heterocycles. The third kappa shape index (κ3) is 2.31. The fourth-order valence-corrected chi connectivity index (χ4v) is 2.23. The first-order valence-electron chi connectivity index (χ1n) is 6.68. The molecule has 1 amide bonds. The Morgan fingerprint density at radius 2 is 2.05 bits per heavy atom. The molecule has 108 valence electrons. The van der Waals surface area contributed by atoms with Gasteiger partial charge in [0.2, 0.25) is 0 Å². The van der Waals surface area contributed by atoms with Gasteiger partial charge in [0.05, 0.1) is 6.20 Å². The maximum atomic E-state index is 12.0. The van der Waals surface area contributed by atoms with Gasteiger partial charge in [-0.25, -0.2) is 14.8 Å².